The van der Waals surface area contributed by atoms with E-state index in [9.17, 15) is 18.8 Å². The highest BCUT2D eigenvalue weighted by atomic mass is 35.5. The number of fused-ring (bicyclic) bond motifs is 1. The second-order valence-corrected chi connectivity index (χ2v) is 7.90. The number of imide groups is 1. The molecule has 1 aliphatic rings. The Hall–Kier alpha value is -2.78. The van der Waals surface area contributed by atoms with Crippen molar-refractivity contribution in [2.45, 2.75) is 25.9 Å². The minimum absolute atomic E-state index is 0.0323. The molecule has 7 nitrogen and oxygen atoms in total. The Morgan fingerprint density at radius 2 is 2.04 bits per heavy atom. The van der Waals surface area contributed by atoms with Crippen LogP contribution in [-0.2, 0) is 16.9 Å². The Kier molecular flexibility index (Phi) is 4.24. The zero-order chi connectivity index (χ0) is 20.2. The Bertz CT molecular complexity index is 1210. The number of nitrogens with one attached hydrogen (secondary N) is 1. The maximum Gasteiger partial charge on any atom is 0.325 e. The molecular formula is C18H14ClFN4O3S. The summed E-state index contributed by atoms with van der Waals surface area (Å²) in [7, 11) is 0. The van der Waals surface area contributed by atoms with Gasteiger partial charge in [0.25, 0.3) is 11.5 Å². The summed E-state index contributed by atoms with van der Waals surface area (Å²) >= 11 is 7.39. The lowest BCUT2D eigenvalue weighted by atomic mass is 9.92. The molecule has 0 spiro atoms. The highest BCUT2D eigenvalue weighted by Gasteiger charge is 2.50. The number of rotatable bonds is 3. The number of benzene rings is 1. The molecule has 4 rings (SSSR count). The van der Waals surface area contributed by atoms with E-state index in [0.717, 1.165) is 16.7 Å². The summed E-state index contributed by atoms with van der Waals surface area (Å²) in [6, 6.07) is 4.28. The van der Waals surface area contributed by atoms with E-state index in [-0.39, 0.29) is 22.7 Å². The zero-order valence-corrected chi connectivity index (χ0v) is 16.4. The highest BCUT2D eigenvalue weighted by molar-refractivity contribution is 7.15. The molecule has 0 radical (unpaired) electrons. The van der Waals surface area contributed by atoms with Crippen LogP contribution in [0.15, 0.2) is 34.4 Å². The smallest absolute Gasteiger partial charge is 0.319 e. The van der Waals surface area contributed by atoms with Crippen LogP contribution >= 0.6 is 22.9 Å². The number of aryl methyl sites for hydroxylation is 1. The van der Waals surface area contributed by atoms with Crippen molar-refractivity contribution < 1.29 is 14.0 Å². The first-order chi connectivity index (χ1) is 13.2. The molecule has 0 saturated carbocycles. The Labute approximate surface area is 167 Å². The van der Waals surface area contributed by atoms with Crippen molar-refractivity contribution >= 4 is 39.8 Å². The molecule has 1 unspecified atom stereocenters. The SMILES string of the molecule is Cc1csc2nc(CN3C(=O)NC(C)(c4ccc(F)cc4Cl)C3=O)cc(=O)n12. The van der Waals surface area contributed by atoms with Gasteiger partial charge in [-0.05, 0) is 26.0 Å². The summed E-state index contributed by atoms with van der Waals surface area (Å²) in [5.74, 6) is -1.11. The minimum atomic E-state index is -1.44. The van der Waals surface area contributed by atoms with Crippen molar-refractivity contribution in [1.29, 1.82) is 0 Å². The largest absolute Gasteiger partial charge is 0.325 e. The summed E-state index contributed by atoms with van der Waals surface area (Å²) in [5, 5.41) is 4.44. The van der Waals surface area contributed by atoms with E-state index in [0.29, 0.717) is 10.7 Å². The van der Waals surface area contributed by atoms with Crippen LogP contribution in [0.2, 0.25) is 5.02 Å². The van der Waals surface area contributed by atoms with E-state index >= 15 is 0 Å². The van der Waals surface area contributed by atoms with Gasteiger partial charge in [-0.1, -0.05) is 17.7 Å². The second kappa shape index (κ2) is 6.39. The molecule has 0 aliphatic carbocycles. The van der Waals surface area contributed by atoms with Gasteiger partial charge in [0.15, 0.2) is 4.96 Å². The second-order valence-electron chi connectivity index (χ2n) is 6.65. The van der Waals surface area contributed by atoms with Crippen molar-refractivity contribution in [2.24, 2.45) is 0 Å². The maximum atomic E-state index is 13.4. The molecule has 1 atom stereocenters. The maximum absolute atomic E-state index is 13.4. The number of nitrogens with zero attached hydrogens (tertiary/aromatic N) is 3. The van der Waals surface area contributed by atoms with Crippen LogP contribution in [0.3, 0.4) is 0 Å². The average molecular weight is 421 g/mol. The predicted octanol–water partition coefficient (Wildman–Crippen LogP) is 2.82. The third-order valence-corrected chi connectivity index (χ3v) is 5.95. The third-order valence-electron chi connectivity index (χ3n) is 4.69. The monoisotopic (exact) mass is 420 g/mol. The number of carbonyl (C=O) groups excluding carboxylic acids is 2. The van der Waals surface area contributed by atoms with E-state index in [1.165, 1.54) is 40.9 Å². The molecule has 3 amide bonds. The molecule has 1 aliphatic heterocycles. The summed E-state index contributed by atoms with van der Waals surface area (Å²) in [4.78, 5) is 43.6. The normalized spacial score (nSPS) is 19.5. The number of aromatic nitrogens is 2. The van der Waals surface area contributed by atoms with Gasteiger partial charge in [0.1, 0.15) is 11.4 Å². The highest BCUT2D eigenvalue weighted by Crippen LogP contribution is 2.34. The lowest BCUT2D eigenvalue weighted by molar-refractivity contribution is -0.131. The van der Waals surface area contributed by atoms with Crippen LogP contribution < -0.4 is 10.9 Å². The first-order valence-corrected chi connectivity index (χ1v) is 9.53. The first-order valence-electron chi connectivity index (χ1n) is 8.27. The minimum Gasteiger partial charge on any atom is -0.319 e. The van der Waals surface area contributed by atoms with E-state index in [1.54, 1.807) is 12.3 Å². The van der Waals surface area contributed by atoms with Crippen molar-refractivity contribution in [3.63, 3.8) is 0 Å². The molecule has 1 saturated heterocycles. The van der Waals surface area contributed by atoms with Crippen molar-refractivity contribution in [1.82, 2.24) is 19.6 Å². The van der Waals surface area contributed by atoms with Gasteiger partial charge < -0.3 is 5.32 Å². The van der Waals surface area contributed by atoms with Gasteiger partial charge >= 0.3 is 6.03 Å². The van der Waals surface area contributed by atoms with Gasteiger partial charge in [0.05, 0.1) is 12.2 Å². The van der Waals surface area contributed by atoms with Crippen molar-refractivity contribution in [3.05, 3.63) is 67.8 Å². The van der Waals surface area contributed by atoms with Gasteiger partial charge in [0.2, 0.25) is 0 Å². The lowest BCUT2D eigenvalue weighted by Crippen LogP contribution is -2.41. The molecule has 28 heavy (non-hydrogen) atoms. The summed E-state index contributed by atoms with van der Waals surface area (Å²) in [5.41, 5.74) is -0.383. The Morgan fingerprint density at radius 1 is 1.29 bits per heavy atom. The molecule has 10 heteroatoms. The van der Waals surface area contributed by atoms with Crippen LogP contribution in [0.4, 0.5) is 9.18 Å². The molecule has 1 fully saturated rings. The van der Waals surface area contributed by atoms with Crippen LogP contribution in [0.25, 0.3) is 4.96 Å². The zero-order valence-electron chi connectivity index (χ0n) is 14.8. The molecule has 2 aromatic heterocycles. The van der Waals surface area contributed by atoms with Crippen LogP contribution in [0, 0.1) is 12.7 Å². The van der Waals surface area contributed by atoms with Crippen LogP contribution in [0.5, 0.6) is 0 Å². The van der Waals surface area contributed by atoms with E-state index < -0.39 is 23.3 Å². The Balaban J connectivity index is 1.69. The van der Waals surface area contributed by atoms with Gasteiger partial charge in [-0.15, -0.1) is 11.3 Å². The quantitative estimate of drug-likeness (QED) is 0.660. The summed E-state index contributed by atoms with van der Waals surface area (Å²) in [6.45, 7) is 3.13. The standard InChI is InChI=1S/C18H14ClFN4O3S/c1-9-8-28-17-21-11(6-14(25)24(9)17)7-23-15(26)18(2,22-16(23)27)12-4-3-10(20)5-13(12)19/h3-6,8H,7H2,1-2H3,(H,22,27). The van der Waals surface area contributed by atoms with Crippen molar-refractivity contribution in [3.8, 4) is 0 Å². The van der Waals surface area contributed by atoms with Gasteiger partial charge in [-0.25, -0.2) is 14.2 Å². The van der Waals surface area contributed by atoms with Gasteiger partial charge in [-0.2, -0.15) is 0 Å². The Morgan fingerprint density at radius 3 is 2.75 bits per heavy atom. The topological polar surface area (TPSA) is 83.8 Å². The number of thiazole rings is 1. The molecule has 3 heterocycles. The molecule has 0 bridgehead atoms. The number of halogens is 2. The fraction of sp³-hybridized carbons (Fsp3) is 0.222. The first kappa shape index (κ1) is 18.6. The number of amides is 3. The number of hydrogen-bond donors (Lipinski definition) is 1. The molecule has 3 aromatic rings. The lowest BCUT2D eigenvalue weighted by Gasteiger charge is -2.23. The van der Waals surface area contributed by atoms with E-state index in [4.69, 9.17) is 11.6 Å². The molecular weight excluding hydrogens is 407 g/mol. The fourth-order valence-corrected chi connectivity index (χ4v) is 4.51. The van der Waals surface area contributed by atoms with E-state index in [1.807, 2.05) is 0 Å². The van der Waals surface area contributed by atoms with Crippen molar-refractivity contribution in [2.75, 3.05) is 0 Å². The molecule has 144 valence electrons. The fourth-order valence-electron chi connectivity index (χ4n) is 3.26. The number of hydrogen-bond acceptors (Lipinski definition) is 5. The number of carbonyl (C=O) groups is 2. The van der Waals surface area contributed by atoms with Crippen LogP contribution in [0.1, 0.15) is 23.9 Å². The summed E-state index contributed by atoms with van der Waals surface area (Å²) in [6.07, 6.45) is 0. The predicted molar refractivity (Wildman–Crippen MR) is 102 cm³/mol. The van der Waals surface area contributed by atoms with Crippen LogP contribution in [-0.4, -0.2) is 26.2 Å². The van der Waals surface area contributed by atoms with Gasteiger partial charge in [-0.3, -0.25) is 18.9 Å². The van der Waals surface area contributed by atoms with Gasteiger partial charge in [0, 0.05) is 27.7 Å². The van der Waals surface area contributed by atoms with E-state index in [2.05, 4.69) is 10.3 Å². The molecule has 1 aromatic carbocycles. The average Bonchev–Trinajstić information content (AvgIpc) is 3.08. The third kappa shape index (κ3) is 2.78. The number of urea groups is 1. The summed E-state index contributed by atoms with van der Waals surface area (Å²) < 4.78 is 14.8. The molecule has 1 N–H and O–H groups in total.